The van der Waals surface area contributed by atoms with Crippen molar-refractivity contribution in [2.45, 2.75) is 24.4 Å². The van der Waals surface area contributed by atoms with Crippen LogP contribution in [0.5, 0.6) is 5.75 Å². The topological polar surface area (TPSA) is 79.0 Å². The van der Waals surface area contributed by atoms with Gasteiger partial charge < -0.3 is 10.1 Å². The van der Waals surface area contributed by atoms with E-state index in [9.17, 15) is 14.4 Å². The number of fused-ring (bicyclic) bond motifs is 7. The third-order valence-electron chi connectivity index (χ3n) is 7.33. The predicted octanol–water partition coefficient (Wildman–Crippen LogP) is 3.43. The fraction of sp³-hybridized carbons (Fsp3) is 0.348. The molecule has 0 saturated carbocycles. The number of ether oxygens (including phenoxy) is 1. The zero-order valence-corrected chi connectivity index (χ0v) is 18.6. The molecule has 7 nitrogen and oxygen atoms in total. The van der Waals surface area contributed by atoms with Crippen molar-refractivity contribution in [3.8, 4) is 5.75 Å². The Hall–Kier alpha value is -2.61. The average Bonchev–Trinajstić information content (AvgIpc) is 3.47. The Kier molecular flexibility index (Phi) is 4.19. The molecule has 1 N–H and O–H groups in total. The van der Waals surface area contributed by atoms with Crippen molar-refractivity contribution in [2.24, 2.45) is 11.8 Å². The first-order valence-corrected chi connectivity index (χ1v) is 11.2. The Labute approximate surface area is 194 Å². The smallest absolute Gasteiger partial charge is 0.250 e. The SMILES string of the molecule is COc1cccc(N2C(=O)C3C4CCCN4C4(C(=O)Nc5c(Cl)cc(Cl)cc54)C3C2=O)c1. The minimum absolute atomic E-state index is 0.207. The van der Waals surface area contributed by atoms with Gasteiger partial charge in [-0.2, -0.15) is 0 Å². The summed E-state index contributed by atoms with van der Waals surface area (Å²) >= 11 is 12.7. The third-order valence-corrected chi connectivity index (χ3v) is 7.85. The summed E-state index contributed by atoms with van der Waals surface area (Å²) in [6.45, 7) is 0.619. The number of anilines is 2. The van der Waals surface area contributed by atoms with Crippen LogP contribution in [0.4, 0.5) is 11.4 Å². The standard InChI is InChI=1S/C23H19Cl2N3O4/c1-32-13-5-2-4-12(10-13)28-20(29)17-16-6-3-7-27(16)23(18(17)21(28)30)14-8-11(24)9-15(25)19(14)26-22(23)31/h2,4-5,8-10,16-18H,3,6-7H2,1H3,(H,26,31). The molecular formula is C23H19Cl2N3O4. The molecule has 4 aliphatic rings. The highest BCUT2D eigenvalue weighted by atomic mass is 35.5. The number of amides is 3. The van der Waals surface area contributed by atoms with Crippen LogP contribution in [0.15, 0.2) is 36.4 Å². The second kappa shape index (κ2) is 6.70. The van der Waals surface area contributed by atoms with Crippen LogP contribution in [-0.4, -0.2) is 42.3 Å². The summed E-state index contributed by atoms with van der Waals surface area (Å²) in [7, 11) is 1.53. The first kappa shape index (κ1) is 20.0. The summed E-state index contributed by atoms with van der Waals surface area (Å²) in [4.78, 5) is 44.5. The van der Waals surface area contributed by atoms with Crippen LogP contribution in [0.3, 0.4) is 0 Å². The minimum Gasteiger partial charge on any atom is -0.497 e. The molecule has 3 saturated heterocycles. The number of nitrogens with one attached hydrogen (secondary N) is 1. The van der Waals surface area contributed by atoms with Crippen molar-refractivity contribution in [1.82, 2.24) is 4.90 Å². The molecule has 4 atom stereocenters. The van der Waals surface area contributed by atoms with Gasteiger partial charge in [-0.1, -0.05) is 29.3 Å². The van der Waals surface area contributed by atoms with E-state index in [1.54, 1.807) is 36.4 Å². The average molecular weight is 472 g/mol. The number of benzene rings is 2. The quantitative estimate of drug-likeness (QED) is 0.678. The van der Waals surface area contributed by atoms with Crippen LogP contribution in [0, 0.1) is 11.8 Å². The molecule has 4 aliphatic heterocycles. The lowest BCUT2D eigenvalue weighted by Crippen LogP contribution is -2.54. The monoisotopic (exact) mass is 471 g/mol. The molecule has 32 heavy (non-hydrogen) atoms. The molecule has 3 fully saturated rings. The maximum absolute atomic E-state index is 13.9. The van der Waals surface area contributed by atoms with Crippen LogP contribution in [0.2, 0.25) is 10.0 Å². The number of rotatable bonds is 2. The first-order valence-electron chi connectivity index (χ1n) is 10.5. The lowest BCUT2D eigenvalue weighted by atomic mass is 9.75. The number of carbonyl (C=O) groups is 3. The van der Waals surface area contributed by atoms with Gasteiger partial charge in [-0.15, -0.1) is 0 Å². The summed E-state index contributed by atoms with van der Waals surface area (Å²) in [5.74, 6) is -1.93. The van der Waals surface area contributed by atoms with Gasteiger partial charge in [0.2, 0.25) is 11.8 Å². The van der Waals surface area contributed by atoms with Crippen molar-refractivity contribution in [1.29, 1.82) is 0 Å². The Morgan fingerprint density at radius 2 is 1.94 bits per heavy atom. The van der Waals surface area contributed by atoms with Gasteiger partial charge in [0, 0.05) is 22.7 Å². The second-order valence-electron chi connectivity index (χ2n) is 8.65. The highest BCUT2D eigenvalue weighted by molar-refractivity contribution is 6.38. The van der Waals surface area contributed by atoms with Crippen molar-refractivity contribution in [2.75, 3.05) is 23.9 Å². The van der Waals surface area contributed by atoms with Gasteiger partial charge in [0.1, 0.15) is 11.3 Å². The molecule has 0 aliphatic carbocycles. The van der Waals surface area contributed by atoms with Crippen LogP contribution in [0.1, 0.15) is 18.4 Å². The van der Waals surface area contributed by atoms with Crippen LogP contribution in [-0.2, 0) is 19.9 Å². The molecule has 4 unspecified atom stereocenters. The van der Waals surface area contributed by atoms with Gasteiger partial charge in [-0.05, 0) is 43.7 Å². The van der Waals surface area contributed by atoms with Crippen LogP contribution >= 0.6 is 23.2 Å². The number of hydrogen-bond acceptors (Lipinski definition) is 5. The zero-order chi connectivity index (χ0) is 22.4. The maximum atomic E-state index is 13.9. The molecule has 0 radical (unpaired) electrons. The summed E-state index contributed by atoms with van der Waals surface area (Å²) in [6, 6.07) is 9.91. The molecule has 1 spiro atoms. The molecule has 0 aromatic heterocycles. The Morgan fingerprint density at radius 1 is 1.12 bits per heavy atom. The van der Waals surface area contributed by atoms with E-state index in [2.05, 4.69) is 5.32 Å². The number of imide groups is 1. The largest absolute Gasteiger partial charge is 0.497 e. The van der Waals surface area contributed by atoms with Crippen molar-refractivity contribution >= 4 is 52.3 Å². The van der Waals surface area contributed by atoms with Crippen LogP contribution in [0.25, 0.3) is 0 Å². The van der Waals surface area contributed by atoms with Crippen LogP contribution < -0.4 is 15.0 Å². The maximum Gasteiger partial charge on any atom is 0.250 e. The van der Waals surface area contributed by atoms with Gasteiger partial charge >= 0.3 is 0 Å². The van der Waals surface area contributed by atoms with E-state index in [0.717, 1.165) is 12.8 Å². The Bertz CT molecular complexity index is 1220. The van der Waals surface area contributed by atoms with Gasteiger partial charge in [0.05, 0.1) is 35.3 Å². The van der Waals surface area contributed by atoms with E-state index in [1.165, 1.54) is 12.0 Å². The van der Waals surface area contributed by atoms with Crippen molar-refractivity contribution < 1.29 is 19.1 Å². The number of nitrogens with zero attached hydrogens (tertiary/aromatic N) is 2. The van der Waals surface area contributed by atoms with E-state index >= 15 is 0 Å². The molecule has 2 aromatic carbocycles. The molecule has 2 aromatic rings. The molecule has 4 heterocycles. The molecule has 6 rings (SSSR count). The van der Waals surface area contributed by atoms with Crippen molar-refractivity contribution in [3.05, 3.63) is 52.0 Å². The van der Waals surface area contributed by atoms with Gasteiger partial charge in [-0.3, -0.25) is 19.3 Å². The molecule has 0 bridgehead atoms. The zero-order valence-electron chi connectivity index (χ0n) is 17.1. The third kappa shape index (κ3) is 2.28. The van der Waals surface area contributed by atoms with E-state index in [0.29, 0.717) is 39.3 Å². The van der Waals surface area contributed by atoms with E-state index < -0.39 is 17.4 Å². The predicted molar refractivity (Wildman–Crippen MR) is 119 cm³/mol. The fourth-order valence-electron chi connectivity index (χ4n) is 6.23. The van der Waals surface area contributed by atoms with Gasteiger partial charge in [0.25, 0.3) is 5.91 Å². The summed E-state index contributed by atoms with van der Waals surface area (Å²) in [6.07, 6.45) is 1.58. The molecule has 164 valence electrons. The number of methoxy groups -OCH3 is 1. The highest BCUT2D eigenvalue weighted by Gasteiger charge is 2.74. The number of halogens is 2. The van der Waals surface area contributed by atoms with E-state index in [1.807, 2.05) is 4.90 Å². The summed E-state index contributed by atoms with van der Waals surface area (Å²) in [5.41, 5.74) is 0.174. The van der Waals surface area contributed by atoms with Gasteiger partial charge in [0.15, 0.2) is 0 Å². The molecule has 9 heteroatoms. The van der Waals surface area contributed by atoms with E-state index in [-0.39, 0.29) is 23.8 Å². The molecular weight excluding hydrogens is 453 g/mol. The van der Waals surface area contributed by atoms with Gasteiger partial charge in [-0.25, -0.2) is 4.90 Å². The van der Waals surface area contributed by atoms with Crippen molar-refractivity contribution in [3.63, 3.8) is 0 Å². The Balaban J connectivity index is 1.56. The summed E-state index contributed by atoms with van der Waals surface area (Å²) < 4.78 is 5.28. The number of carbonyl (C=O) groups excluding carboxylic acids is 3. The normalized spacial score (nSPS) is 30.7. The fourth-order valence-corrected chi connectivity index (χ4v) is 6.77. The first-order chi connectivity index (χ1) is 15.4. The summed E-state index contributed by atoms with van der Waals surface area (Å²) in [5, 5.41) is 3.58. The lowest BCUT2D eigenvalue weighted by molar-refractivity contribution is -0.135. The highest BCUT2D eigenvalue weighted by Crippen LogP contribution is 2.61. The molecule has 3 amide bonds. The lowest BCUT2D eigenvalue weighted by Gasteiger charge is -2.36. The Morgan fingerprint density at radius 3 is 2.72 bits per heavy atom. The van der Waals surface area contributed by atoms with E-state index in [4.69, 9.17) is 27.9 Å². The second-order valence-corrected chi connectivity index (χ2v) is 9.49. The number of hydrogen-bond donors (Lipinski definition) is 1. The minimum atomic E-state index is -1.31.